The van der Waals surface area contributed by atoms with Gasteiger partial charge in [-0.25, -0.2) is 9.79 Å². The van der Waals surface area contributed by atoms with Gasteiger partial charge in [0.2, 0.25) is 0 Å². The van der Waals surface area contributed by atoms with Crippen molar-refractivity contribution in [1.29, 1.82) is 0 Å². The molecule has 0 bridgehead atoms. The minimum atomic E-state index is -0.425. The zero-order chi connectivity index (χ0) is 21.4. The van der Waals surface area contributed by atoms with Crippen LogP contribution in [-0.4, -0.2) is 80.0 Å². The number of nitrogens with one attached hydrogen (secondary N) is 1. The van der Waals surface area contributed by atoms with Crippen molar-refractivity contribution < 1.29 is 9.53 Å². The predicted molar refractivity (Wildman–Crippen MR) is 120 cm³/mol. The summed E-state index contributed by atoms with van der Waals surface area (Å²) in [4.78, 5) is 25.5. The van der Waals surface area contributed by atoms with Crippen LogP contribution in [0.1, 0.15) is 53.9 Å². The largest absolute Gasteiger partial charge is 0.444 e. The standard InChI is InChI=1S/C22H41N5O2/c1-7-26(15-19-14-24-16-25-20(23-6)17(19)2)11-8-18-9-12-27(13-10-18)21(28)29-22(3,4)5/h14,16-20,23H,7-13,15H2,1-6H3/t17?,19-,20?/m1/s1. The lowest BCUT2D eigenvalue weighted by Crippen LogP contribution is -2.43. The molecule has 1 amide bonds. The molecule has 2 aliphatic heterocycles. The lowest BCUT2D eigenvalue weighted by molar-refractivity contribution is 0.0177. The van der Waals surface area contributed by atoms with Gasteiger partial charge in [-0.3, -0.25) is 10.3 Å². The maximum atomic E-state index is 12.2. The third-order valence-electron chi connectivity index (χ3n) is 6.08. The summed E-state index contributed by atoms with van der Waals surface area (Å²) in [5.74, 6) is 1.48. The molecule has 0 saturated carbocycles. The molecular weight excluding hydrogens is 366 g/mol. The van der Waals surface area contributed by atoms with E-state index in [0.29, 0.717) is 17.8 Å². The molecule has 0 radical (unpaired) electrons. The number of amides is 1. The first-order valence-corrected chi connectivity index (χ1v) is 11.2. The van der Waals surface area contributed by atoms with Crippen molar-refractivity contribution in [3.8, 4) is 0 Å². The Morgan fingerprint density at radius 1 is 1.31 bits per heavy atom. The zero-order valence-electron chi connectivity index (χ0n) is 19.2. The highest BCUT2D eigenvalue weighted by atomic mass is 16.6. The van der Waals surface area contributed by atoms with Crippen molar-refractivity contribution in [2.75, 3.05) is 39.8 Å². The van der Waals surface area contributed by atoms with Crippen LogP contribution in [0.4, 0.5) is 4.79 Å². The fourth-order valence-corrected chi connectivity index (χ4v) is 4.09. The Morgan fingerprint density at radius 2 is 2.00 bits per heavy atom. The van der Waals surface area contributed by atoms with Crippen molar-refractivity contribution in [3.63, 3.8) is 0 Å². The lowest BCUT2D eigenvalue weighted by Gasteiger charge is -2.35. The third kappa shape index (κ3) is 7.70. The van der Waals surface area contributed by atoms with E-state index in [0.717, 1.165) is 45.6 Å². The van der Waals surface area contributed by atoms with Gasteiger partial charge in [0.15, 0.2) is 0 Å². The van der Waals surface area contributed by atoms with Gasteiger partial charge in [0, 0.05) is 37.7 Å². The fraction of sp³-hybridized carbons (Fsp3) is 0.864. The molecule has 7 heteroatoms. The van der Waals surface area contributed by atoms with Crippen molar-refractivity contribution in [3.05, 3.63) is 0 Å². The summed E-state index contributed by atoms with van der Waals surface area (Å²) in [6.45, 7) is 15.0. The minimum Gasteiger partial charge on any atom is -0.444 e. The Balaban J connectivity index is 1.76. The van der Waals surface area contributed by atoms with Gasteiger partial charge >= 0.3 is 6.09 Å². The molecule has 166 valence electrons. The Bertz CT molecular complexity index is 564. The predicted octanol–water partition coefficient (Wildman–Crippen LogP) is 3.26. The van der Waals surface area contributed by atoms with Crippen LogP contribution < -0.4 is 5.32 Å². The Labute approximate surface area is 177 Å². The normalized spacial score (nSPS) is 26.0. The molecule has 3 atom stereocenters. The van der Waals surface area contributed by atoms with Crippen LogP contribution in [0.25, 0.3) is 0 Å². The van der Waals surface area contributed by atoms with Crippen molar-refractivity contribution in [2.24, 2.45) is 27.7 Å². The van der Waals surface area contributed by atoms with Crippen molar-refractivity contribution in [2.45, 2.75) is 65.6 Å². The number of ether oxygens (including phenoxy) is 1. The van der Waals surface area contributed by atoms with Gasteiger partial charge in [0.05, 0.1) is 0 Å². The molecule has 29 heavy (non-hydrogen) atoms. The van der Waals surface area contributed by atoms with Crippen LogP contribution in [0.3, 0.4) is 0 Å². The highest BCUT2D eigenvalue weighted by Crippen LogP contribution is 2.24. The van der Waals surface area contributed by atoms with Crippen LogP contribution in [0, 0.1) is 17.8 Å². The summed E-state index contributed by atoms with van der Waals surface area (Å²) in [6, 6.07) is 0. The summed E-state index contributed by atoms with van der Waals surface area (Å²) in [5.41, 5.74) is -0.425. The average Bonchev–Trinajstić information content (AvgIpc) is 2.85. The number of nitrogens with zero attached hydrogens (tertiary/aromatic N) is 4. The quantitative estimate of drug-likeness (QED) is 0.703. The maximum absolute atomic E-state index is 12.2. The average molecular weight is 408 g/mol. The third-order valence-corrected chi connectivity index (χ3v) is 6.08. The zero-order valence-corrected chi connectivity index (χ0v) is 19.2. The van der Waals surface area contributed by atoms with Crippen LogP contribution in [0.5, 0.6) is 0 Å². The summed E-state index contributed by atoms with van der Waals surface area (Å²) in [7, 11) is 1.96. The van der Waals surface area contributed by atoms with E-state index in [2.05, 4.69) is 40.3 Å². The molecule has 1 N–H and O–H groups in total. The number of carbonyl (C=O) groups excluding carboxylic acids is 1. The number of aliphatic imine (C=N–C) groups is 2. The van der Waals surface area contributed by atoms with Gasteiger partial charge in [0.1, 0.15) is 18.1 Å². The minimum absolute atomic E-state index is 0.124. The number of hydrogen-bond donors (Lipinski definition) is 1. The van der Waals surface area contributed by atoms with Gasteiger partial charge in [-0.1, -0.05) is 13.8 Å². The van der Waals surface area contributed by atoms with Crippen molar-refractivity contribution in [1.82, 2.24) is 15.1 Å². The monoisotopic (exact) mass is 407 g/mol. The highest BCUT2D eigenvalue weighted by Gasteiger charge is 2.28. The number of rotatable bonds is 7. The van der Waals surface area contributed by atoms with Gasteiger partial charge in [-0.05, 0) is 66.1 Å². The second-order valence-corrected chi connectivity index (χ2v) is 9.41. The van der Waals surface area contributed by atoms with Gasteiger partial charge in [0.25, 0.3) is 0 Å². The number of likely N-dealkylation sites (tertiary alicyclic amines) is 1. The molecule has 2 rings (SSSR count). The molecule has 1 fully saturated rings. The molecule has 0 spiro atoms. The Morgan fingerprint density at radius 3 is 2.59 bits per heavy atom. The Hall–Kier alpha value is -1.47. The van der Waals surface area contributed by atoms with E-state index in [9.17, 15) is 4.79 Å². The SMILES string of the molecule is CCN(CCC1CCN(C(=O)OC(C)(C)C)CC1)C[C@H]1C=NC=NC(NC)C1C. The number of hydrogen-bond acceptors (Lipinski definition) is 6. The van der Waals surface area contributed by atoms with E-state index in [1.165, 1.54) is 6.42 Å². The summed E-state index contributed by atoms with van der Waals surface area (Å²) >= 11 is 0. The summed E-state index contributed by atoms with van der Waals surface area (Å²) < 4.78 is 5.50. The topological polar surface area (TPSA) is 69.5 Å². The molecule has 2 heterocycles. The van der Waals surface area contributed by atoms with Crippen LogP contribution in [0.15, 0.2) is 9.98 Å². The first-order valence-electron chi connectivity index (χ1n) is 11.2. The molecular formula is C22H41N5O2. The maximum Gasteiger partial charge on any atom is 0.410 e. The van der Waals surface area contributed by atoms with Crippen LogP contribution >= 0.6 is 0 Å². The van der Waals surface area contributed by atoms with Crippen LogP contribution in [-0.2, 0) is 4.74 Å². The number of piperidine rings is 1. The molecule has 2 aliphatic rings. The molecule has 1 saturated heterocycles. The first-order chi connectivity index (χ1) is 13.7. The molecule has 0 aromatic heterocycles. The summed E-state index contributed by atoms with van der Waals surface area (Å²) in [5, 5.41) is 3.29. The van der Waals surface area contributed by atoms with E-state index in [-0.39, 0.29) is 12.3 Å². The van der Waals surface area contributed by atoms with Crippen molar-refractivity contribution >= 4 is 18.6 Å². The lowest BCUT2D eigenvalue weighted by atomic mass is 9.91. The van der Waals surface area contributed by atoms with E-state index in [1.807, 2.05) is 32.7 Å². The van der Waals surface area contributed by atoms with E-state index in [4.69, 9.17) is 4.74 Å². The molecule has 0 aromatic rings. The molecule has 7 nitrogen and oxygen atoms in total. The Kier molecular flexibility index (Phi) is 9.08. The van der Waals surface area contributed by atoms with E-state index < -0.39 is 5.60 Å². The van der Waals surface area contributed by atoms with Gasteiger partial charge in [-0.2, -0.15) is 0 Å². The van der Waals surface area contributed by atoms with Crippen LogP contribution in [0.2, 0.25) is 0 Å². The van der Waals surface area contributed by atoms with E-state index >= 15 is 0 Å². The highest BCUT2D eigenvalue weighted by molar-refractivity contribution is 5.75. The second kappa shape index (κ2) is 11.1. The summed E-state index contributed by atoms with van der Waals surface area (Å²) in [6.07, 6.45) is 6.99. The first kappa shape index (κ1) is 23.8. The molecule has 0 aliphatic carbocycles. The molecule has 0 aromatic carbocycles. The number of carbonyl (C=O) groups is 1. The molecule has 2 unspecified atom stereocenters. The second-order valence-electron chi connectivity index (χ2n) is 9.41. The fourth-order valence-electron chi connectivity index (χ4n) is 4.09. The van der Waals surface area contributed by atoms with Gasteiger partial charge in [-0.15, -0.1) is 0 Å². The smallest absolute Gasteiger partial charge is 0.410 e. The van der Waals surface area contributed by atoms with Gasteiger partial charge < -0.3 is 14.5 Å². The van der Waals surface area contributed by atoms with E-state index in [1.54, 1.807) is 6.34 Å².